The van der Waals surface area contributed by atoms with Gasteiger partial charge >= 0.3 is 0 Å². The summed E-state index contributed by atoms with van der Waals surface area (Å²) in [4.78, 5) is 0. The highest BCUT2D eigenvalue weighted by Crippen LogP contribution is 2.29. The molecule has 0 aliphatic carbocycles. The second-order valence-corrected chi connectivity index (χ2v) is 6.31. The highest BCUT2D eigenvalue weighted by molar-refractivity contribution is 5.57. The fourth-order valence-electron chi connectivity index (χ4n) is 2.48. The van der Waals surface area contributed by atoms with Crippen molar-refractivity contribution in [3.8, 4) is 11.5 Å². The van der Waals surface area contributed by atoms with Crippen molar-refractivity contribution in [2.75, 3.05) is 19.0 Å². The van der Waals surface area contributed by atoms with Crippen LogP contribution in [0.2, 0.25) is 0 Å². The summed E-state index contributed by atoms with van der Waals surface area (Å²) in [5.74, 6) is 2.08. The molecule has 0 bridgehead atoms. The fraction of sp³-hybridized carbons (Fsp3) is 0.400. The van der Waals surface area contributed by atoms with Crippen molar-refractivity contribution in [1.82, 2.24) is 0 Å². The molecule has 0 fully saturated rings. The number of benzene rings is 2. The van der Waals surface area contributed by atoms with Gasteiger partial charge in [-0.1, -0.05) is 38.1 Å². The lowest BCUT2D eigenvalue weighted by atomic mass is 10.1. The molecule has 0 aliphatic heterocycles. The van der Waals surface area contributed by atoms with Gasteiger partial charge in [0.2, 0.25) is 0 Å². The number of hydrogen-bond donors (Lipinski definition) is 1. The maximum Gasteiger partial charge on any atom is 0.161 e. The lowest BCUT2D eigenvalue weighted by Crippen LogP contribution is -2.06. The molecule has 0 unspecified atom stereocenters. The summed E-state index contributed by atoms with van der Waals surface area (Å²) in [7, 11) is 1.68. The maximum absolute atomic E-state index is 5.80. The molecule has 3 heteroatoms. The molecular weight excluding hydrogens is 286 g/mol. The molecule has 0 spiro atoms. The van der Waals surface area contributed by atoms with Crippen molar-refractivity contribution in [1.29, 1.82) is 0 Å². The van der Waals surface area contributed by atoms with Crippen LogP contribution >= 0.6 is 0 Å². The summed E-state index contributed by atoms with van der Waals surface area (Å²) in [6.45, 7) is 9.96. The zero-order valence-electron chi connectivity index (χ0n) is 14.8. The Morgan fingerprint density at radius 3 is 2.30 bits per heavy atom. The predicted octanol–water partition coefficient (Wildman–Crippen LogP) is 4.96. The first-order chi connectivity index (χ1) is 11.0. The number of rotatable bonds is 7. The van der Waals surface area contributed by atoms with E-state index in [0.29, 0.717) is 12.5 Å². The molecule has 124 valence electrons. The zero-order chi connectivity index (χ0) is 16.8. The number of para-hydroxylation sites is 1. The minimum atomic E-state index is 0.491. The Bertz CT molecular complexity index is 630. The van der Waals surface area contributed by atoms with Crippen LogP contribution in [-0.2, 0) is 6.54 Å². The zero-order valence-corrected chi connectivity index (χ0v) is 14.8. The Kier molecular flexibility index (Phi) is 5.91. The minimum Gasteiger partial charge on any atom is -0.493 e. The standard InChI is InChI=1S/C20H27NO2/c1-14(2)13-23-18-10-9-17(11-19(18)22-5)12-21-20-15(3)7-6-8-16(20)4/h6-11,14,21H,12-13H2,1-5H3. The molecule has 3 nitrogen and oxygen atoms in total. The number of nitrogens with one attached hydrogen (secondary N) is 1. The van der Waals surface area contributed by atoms with E-state index in [1.54, 1.807) is 7.11 Å². The molecular formula is C20H27NO2. The normalized spacial score (nSPS) is 10.7. The maximum atomic E-state index is 5.80. The van der Waals surface area contributed by atoms with E-state index >= 15 is 0 Å². The third kappa shape index (κ3) is 4.65. The Labute approximate surface area is 139 Å². The van der Waals surface area contributed by atoms with E-state index in [1.165, 1.54) is 22.4 Å². The van der Waals surface area contributed by atoms with E-state index in [1.807, 2.05) is 12.1 Å². The van der Waals surface area contributed by atoms with Crippen LogP contribution in [0.15, 0.2) is 36.4 Å². The number of hydrogen-bond acceptors (Lipinski definition) is 3. The molecule has 2 aromatic rings. The molecule has 0 saturated heterocycles. The average molecular weight is 313 g/mol. The number of ether oxygens (including phenoxy) is 2. The van der Waals surface area contributed by atoms with Crippen LogP contribution in [0.1, 0.15) is 30.5 Å². The van der Waals surface area contributed by atoms with Gasteiger partial charge in [-0.3, -0.25) is 0 Å². The fourth-order valence-corrected chi connectivity index (χ4v) is 2.48. The van der Waals surface area contributed by atoms with Crippen molar-refractivity contribution in [2.24, 2.45) is 5.92 Å². The number of anilines is 1. The second-order valence-electron chi connectivity index (χ2n) is 6.31. The van der Waals surface area contributed by atoms with Crippen LogP contribution in [0.25, 0.3) is 0 Å². The summed E-state index contributed by atoms with van der Waals surface area (Å²) in [5, 5.41) is 3.52. The average Bonchev–Trinajstić information content (AvgIpc) is 2.52. The molecule has 0 amide bonds. The highest BCUT2D eigenvalue weighted by Gasteiger charge is 2.08. The summed E-state index contributed by atoms with van der Waals surface area (Å²) in [6.07, 6.45) is 0. The van der Waals surface area contributed by atoms with E-state index in [0.717, 1.165) is 18.0 Å². The van der Waals surface area contributed by atoms with Gasteiger partial charge in [-0.2, -0.15) is 0 Å². The SMILES string of the molecule is COc1cc(CNc2c(C)cccc2C)ccc1OCC(C)C. The van der Waals surface area contributed by atoms with Gasteiger partial charge in [-0.15, -0.1) is 0 Å². The first-order valence-corrected chi connectivity index (χ1v) is 8.11. The Morgan fingerprint density at radius 2 is 1.70 bits per heavy atom. The largest absolute Gasteiger partial charge is 0.493 e. The van der Waals surface area contributed by atoms with Crippen molar-refractivity contribution >= 4 is 5.69 Å². The lowest BCUT2D eigenvalue weighted by Gasteiger charge is -2.15. The van der Waals surface area contributed by atoms with E-state index in [2.05, 4.69) is 57.3 Å². The monoisotopic (exact) mass is 313 g/mol. The first kappa shape index (κ1) is 17.2. The van der Waals surface area contributed by atoms with Gasteiger partial charge in [0.15, 0.2) is 11.5 Å². The first-order valence-electron chi connectivity index (χ1n) is 8.11. The van der Waals surface area contributed by atoms with Crippen LogP contribution in [0, 0.1) is 19.8 Å². The molecule has 0 saturated carbocycles. The third-order valence-electron chi connectivity index (χ3n) is 3.75. The van der Waals surface area contributed by atoms with Gasteiger partial charge < -0.3 is 14.8 Å². The van der Waals surface area contributed by atoms with Crippen LogP contribution in [-0.4, -0.2) is 13.7 Å². The number of methoxy groups -OCH3 is 1. The smallest absolute Gasteiger partial charge is 0.161 e. The Balaban J connectivity index is 2.09. The van der Waals surface area contributed by atoms with Crippen molar-refractivity contribution in [3.05, 3.63) is 53.1 Å². The summed E-state index contributed by atoms with van der Waals surface area (Å²) < 4.78 is 11.3. The predicted molar refractivity (Wildman–Crippen MR) is 96.6 cm³/mol. The highest BCUT2D eigenvalue weighted by atomic mass is 16.5. The van der Waals surface area contributed by atoms with Crippen LogP contribution in [0.4, 0.5) is 5.69 Å². The van der Waals surface area contributed by atoms with E-state index in [9.17, 15) is 0 Å². The van der Waals surface area contributed by atoms with E-state index in [4.69, 9.17) is 9.47 Å². The van der Waals surface area contributed by atoms with Crippen molar-refractivity contribution in [3.63, 3.8) is 0 Å². The van der Waals surface area contributed by atoms with Crippen LogP contribution < -0.4 is 14.8 Å². The summed E-state index contributed by atoms with van der Waals surface area (Å²) >= 11 is 0. The third-order valence-corrected chi connectivity index (χ3v) is 3.75. The molecule has 0 aromatic heterocycles. The van der Waals surface area contributed by atoms with Crippen molar-refractivity contribution < 1.29 is 9.47 Å². The van der Waals surface area contributed by atoms with Gasteiger partial charge in [0, 0.05) is 12.2 Å². The van der Waals surface area contributed by atoms with Gasteiger partial charge in [-0.05, 0) is 48.6 Å². The van der Waals surface area contributed by atoms with Gasteiger partial charge in [-0.25, -0.2) is 0 Å². The topological polar surface area (TPSA) is 30.5 Å². The second kappa shape index (κ2) is 7.91. The quantitative estimate of drug-likeness (QED) is 0.783. The Morgan fingerprint density at radius 1 is 1.00 bits per heavy atom. The minimum absolute atomic E-state index is 0.491. The van der Waals surface area contributed by atoms with Gasteiger partial charge in [0.25, 0.3) is 0 Å². The molecule has 2 rings (SSSR count). The van der Waals surface area contributed by atoms with Gasteiger partial charge in [0.1, 0.15) is 0 Å². The summed E-state index contributed by atoms with van der Waals surface area (Å²) in [5.41, 5.74) is 4.88. The van der Waals surface area contributed by atoms with E-state index < -0.39 is 0 Å². The molecule has 0 heterocycles. The molecule has 0 aliphatic rings. The van der Waals surface area contributed by atoms with Crippen LogP contribution in [0.3, 0.4) is 0 Å². The molecule has 0 atom stereocenters. The van der Waals surface area contributed by atoms with Crippen molar-refractivity contribution in [2.45, 2.75) is 34.2 Å². The Hall–Kier alpha value is -2.16. The van der Waals surface area contributed by atoms with Crippen LogP contribution in [0.5, 0.6) is 11.5 Å². The molecule has 1 N–H and O–H groups in total. The lowest BCUT2D eigenvalue weighted by molar-refractivity contribution is 0.257. The van der Waals surface area contributed by atoms with Gasteiger partial charge in [0.05, 0.1) is 13.7 Å². The number of aryl methyl sites for hydroxylation is 2. The summed E-state index contributed by atoms with van der Waals surface area (Å²) in [6, 6.07) is 12.4. The molecule has 23 heavy (non-hydrogen) atoms. The van der Waals surface area contributed by atoms with E-state index in [-0.39, 0.29) is 0 Å². The molecule has 2 aromatic carbocycles. The molecule has 0 radical (unpaired) electrons.